The van der Waals surface area contributed by atoms with Crippen LogP contribution in [0.2, 0.25) is 0 Å². The molecule has 196 valence electrons. The molecule has 1 N–H and O–H groups in total. The summed E-state index contributed by atoms with van der Waals surface area (Å²) in [6.07, 6.45) is 5.56. The van der Waals surface area contributed by atoms with Gasteiger partial charge in [0.2, 0.25) is 5.75 Å². The van der Waals surface area contributed by atoms with Crippen LogP contribution in [0.1, 0.15) is 39.2 Å². The number of rotatable bonds is 8. The number of non-ortho nitro benzene ring substituents is 1. The van der Waals surface area contributed by atoms with Crippen LogP contribution in [0, 0.1) is 20.2 Å². The Balaban J connectivity index is 1.36. The molecule has 0 aliphatic heterocycles. The second-order valence-electron chi connectivity index (χ2n) is 8.81. The van der Waals surface area contributed by atoms with Crippen LogP contribution in [0.4, 0.5) is 22.1 Å². The van der Waals surface area contributed by atoms with Crippen LogP contribution < -0.4 is 10.1 Å². The number of para-hydroxylation sites is 1. The van der Waals surface area contributed by atoms with Gasteiger partial charge in [0.25, 0.3) is 11.6 Å². The van der Waals surface area contributed by atoms with E-state index in [9.17, 15) is 25.0 Å². The summed E-state index contributed by atoms with van der Waals surface area (Å²) in [6, 6.07) is 19.2. The summed E-state index contributed by atoms with van der Waals surface area (Å²) < 4.78 is 5.63. The summed E-state index contributed by atoms with van der Waals surface area (Å²) in [5, 5.41) is 26.0. The lowest BCUT2D eigenvalue weighted by Gasteiger charge is -2.12. The Kier molecular flexibility index (Phi) is 7.41. The number of amides is 1. The number of aryl methyl sites for hydroxylation is 1. The van der Waals surface area contributed by atoms with E-state index in [0.29, 0.717) is 16.3 Å². The van der Waals surface area contributed by atoms with Crippen LogP contribution in [0.3, 0.4) is 0 Å². The van der Waals surface area contributed by atoms with Crippen molar-refractivity contribution in [3.8, 4) is 11.5 Å². The zero-order chi connectivity index (χ0) is 27.4. The molecule has 0 unspecified atom stereocenters. The van der Waals surface area contributed by atoms with Gasteiger partial charge in [0.1, 0.15) is 10.8 Å². The van der Waals surface area contributed by atoms with Crippen LogP contribution in [0.15, 0.2) is 77.8 Å². The van der Waals surface area contributed by atoms with Crippen LogP contribution in [0.5, 0.6) is 11.5 Å². The van der Waals surface area contributed by atoms with E-state index in [4.69, 9.17) is 4.74 Å². The zero-order valence-corrected chi connectivity index (χ0v) is 21.3. The second kappa shape index (κ2) is 11.2. The highest BCUT2D eigenvalue weighted by atomic mass is 32.1. The fraction of sp³-hybridized carbons (Fsp3) is 0.143. The predicted molar refractivity (Wildman–Crippen MR) is 149 cm³/mol. The zero-order valence-electron chi connectivity index (χ0n) is 20.5. The summed E-state index contributed by atoms with van der Waals surface area (Å²) in [5.41, 5.74) is 2.24. The first-order chi connectivity index (χ1) is 18.9. The van der Waals surface area contributed by atoms with Gasteiger partial charge in [-0.3, -0.25) is 25.0 Å². The number of carbonyl (C=O) groups is 1. The molecule has 4 aromatic rings. The average Bonchev–Trinajstić information content (AvgIpc) is 3.32. The number of nitro groups is 2. The minimum absolute atomic E-state index is 0.106. The molecule has 1 aliphatic carbocycles. The first-order valence-electron chi connectivity index (χ1n) is 12.1. The Morgan fingerprint density at radius 2 is 1.69 bits per heavy atom. The van der Waals surface area contributed by atoms with Crippen LogP contribution >= 0.6 is 11.3 Å². The number of nitro benzene ring substituents is 2. The molecule has 0 bridgehead atoms. The molecule has 1 aliphatic rings. The third kappa shape index (κ3) is 5.83. The van der Waals surface area contributed by atoms with Crippen molar-refractivity contribution in [2.45, 2.75) is 25.7 Å². The van der Waals surface area contributed by atoms with Crippen molar-refractivity contribution in [2.24, 2.45) is 4.99 Å². The van der Waals surface area contributed by atoms with Crippen molar-refractivity contribution in [2.75, 3.05) is 5.32 Å². The maximum Gasteiger partial charge on any atom is 0.318 e. The second-order valence-corrected chi connectivity index (χ2v) is 9.89. The number of thiophene rings is 1. The van der Waals surface area contributed by atoms with Crippen LogP contribution in [-0.2, 0) is 12.8 Å². The van der Waals surface area contributed by atoms with Crippen molar-refractivity contribution in [3.05, 3.63) is 115 Å². The summed E-state index contributed by atoms with van der Waals surface area (Å²) in [4.78, 5) is 40.0. The van der Waals surface area contributed by atoms with Gasteiger partial charge >= 0.3 is 5.69 Å². The number of fused-ring (bicyclic) bond motifs is 1. The summed E-state index contributed by atoms with van der Waals surface area (Å²) in [5.74, 6) is 0.0325. The monoisotopic (exact) mass is 542 g/mol. The fourth-order valence-electron chi connectivity index (χ4n) is 4.32. The maximum atomic E-state index is 13.3. The van der Waals surface area contributed by atoms with Gasteiger partial charge in [-0.1, -0.05) is 18.2 Å². The van der Waals surface area contributed by atoms with Crippen molar-refractivity contribution in [1.29, 1.82) is 0 Å². The van der Waals surface area contributed by atoms with E-state index in [1.165, 1.54) is 22.3 Å². The molecule has 1 amide bonds. The average molecular weight is 543 g/mol. The van der Waals surface area contributed by atoms with Gasteiger partial charge in [0.15, 0.2) is 0 Å². The summed E-state index contributed by atoms with van der Waals surface area (Å²) in [6.45, 7) is 0. The number of aliphatic imine (C=N–C) groups is 1. The lowest BCUT2D eigenvalue weighted by molar-refractivity contribution is -0.394. The minimum Gasteiger partial charge on any atom is -0.450 e. The molecule has 0 atom stereocenters. The van der Waals surface area contributed by atoms with Gasteiger partial charge in [-0.25, -0.2) is 4.99 Å². The van der Waals surface area contributed by atoms with E-state index in [0.717, 1.165) is 54.6 Å². The van der Waals surface area contributed by atoms with Gasteiger partial charge < -0.3 is 10.1 Å². The number of benzene rings is 3. The SMILES string of the molecule is O=C(Nc1ccccc1)c1c(N=Cc2ccc(Oc3ccc([N+](=O)[O-])cc3[N+](=O)[O-])cc2)sc2c1CCCC2. The lowest BCUT2D eigenvalue weighted by Crippen LogP contribution is -2.14. The molecule has 0 spiro atoms. The molecule has 0 radical (unpaired) electrons. The Hall–Kier alpha value is -4.90. The van der Waals surface area contributed by atoms with E-state index in [1.54, 1.807) is 30.5 Å². The molecule has 39 heavy (non-hydrogen) atoms. The van der Waals surface area contributed by atoms with Crippen LogP contribution in [-0.4, -0.2) is 22.0 Å². The largest absolute Gasteiger partial charge is 0.450 e. The molecule has 3 aromatic carbocycles. The van der Waals surface area contributed by atoms with E-state index in [1.807, 2.05) is 30.3 Å². The predicted octanol–water partition coefficient (Wildman–Crippen LogP) is 7.24. The molecule has 5 rings (SSSR count). The summed E-state index contributed by atoms with van der Waals surface area (Å²) >= 11 is 1.54. The Morgan fingerprint density at radius 1 is 0.949 bits per heavy atom. The smallest absolute Gasteiger partial charge is 0.318 e. The fourth-order valence-corrected chi connectivity index (χ4v) is 5.55. The highest BCUT2D eigenvalue weighted by Gasteiger charge is 2.25. The van der Waals surface area contributed by atoms with Crippen molar-refractivity contribution in [3.63, 3.8) is 0 Å². The third-order valence-electron chi connectivity index (χ3n) is 6.20. The number of nitrogens with one attached hydrogen (secondary N) is 1. The Labute approximate surface area is 226 Å². The number of hydrogen-bond donors (Lipinski definition) is 1. The number of anilines is 1. The van der Waals surface area contributed by atoms with Crippen molar-refractivity contribution < 1.29 is 19.4 Å². The van der Waals surface area contributed by atoms with Gasteiger partial charge in [0, 0.05) is 22.8 Å². The van der Waals surface area contributed by atoms with Gasteiger partial charge in [-0.2, -0.15) is 0 Å². The number of nitrogens with zero attached hydrogens (tertiary/aromatic N) is 3. The highest BCUT2D eigenvalue weighted by Crippen LogP contribution is 2.40. The lowest BCUT2D eigenvalue weighted by atomic mass is 9.95. The molecule has 0 fully saturated rings. The van der Waals surface area contributed by atoms with E-state index >= 15 is 0 Å². The normalized spacial score (nSPS) is 12.6. The number of hydrogen-bond acceptors (Lipinski definition) is 8. The topological polar surface area (TPSA) is 137 Å². The minimum atomic E-state index is -0.727. The van der Waals surface area contributed by atoms with Crippen molar-refractivity contribution in [1.82, 2.24) is 0 Å². The Bertz CT molecular complexity index is 1580. The molecule has 10 nitrogen and oxygen atoms in total. The Morgan fingerprint density at radius 3 is 2.41 bits per heavy atom. The highest BCUT2D eigenvalue weighted by molar-refractivity contribution is 7.16. The summed E-state index contributed by atoms with van der Waals surface area (Å²) in [7, 11) is 0. The molecular formula is C28H22N4O6S. The van der Waals surface area contributed by atoms with Crippen LogP contribution in [0.25, 0.3) is 0 Å². The van der Waals surface area contributed by atoms with Gasteiger partial charge in [-0.05, 0) is 79.3 Å². The van der Waals surface area contributed by atoms with E-state index < -0.39 is 21.2 Å². The van der Waals surface area contributed by atoms with Crippen molar-refractivity contribution >= 4 is 45.5 Å². The first-order valence-corrected chi connectivity index (χ1v) is 13.0. The molecule has 1 aromatic heterocycles. The molecule has 11 heteroatoms. The third-order valence-corrected chi connectivity index (χ3v) is 7.40. The molecule has 1 heterocycles. The quantitative estimate of drug-likeness (QED) is 0.142. The van der Waals surface area contributed by atoms with Gasteiger partial charge in [0.05, 0.1) is 21.5 Å². The van der Waals surface area contributed by atoms with E-state index in [-0.39, 0.29) is 11.7 Å². The first kappa shape index (κ1) is 25.7. The maximum absolute atomic E-state index is 13.3. The molecule has 0 saturated heterocycles. The van der Waals surface area contributed by atoms with E-state index in [2.05, 4.69) is 10.3 Å². The molecule has 0 saturated carbocycles. The van der Waals surface area contributed by atoms with Gasteiger partial charge in [-0.15, -0.1) is 11.3 Å². The standard InChI is InChI=1S/C28H22N4O6S/c33-27(30-19-6-2-1-3-7-19)26-22-8-4-5-9-25(22)39-28(26)29-17-18-10-13-21(14-11-18)38-24-15-12-20(31(34)35)16-23(24)32(36)37/h1-3,6-7,10-17H,4-5,8-9H2,(H,30,33). The number of carbonyl (C=O) groups excluding carboxylic acids is 1. The molecular weight excluding hydrogens is 520 g/mol. The number of ether oxygens (including phenoxy) is 1.